The van der Waals surface area contributed by atoms with Crippen molar-refractivity contribution in [3.05, 3.63) is 63.3 Å². The van der Waals surface area contributed by atoms with Crippen molar-refractivity contribution in [1.29, 1.82) is 0 Å². The Morgan fingerprint density at radius 1 is 1.35 bits per heavy atom. The number of carbonyl (C=O) groups is 1. The summed E-state index contributed by atoms with van der Waals surface area (Å²) >= 11 is 0. The van der Waals surface area contributed by atoms with Gasteiger partial charge in [0.1, 0.15) is 17.1 Å². The number of nitrogens with two attached hydrogens (primary N) is 1. The van der Waals surface area contributed by atoms with Crippen molar-refractivity contribution in [2.75, 3.05) is 0 Å². The molecule has 3 aromatic heterocycles. The maximum absolute atomic E-state index is 12.6. The Morgan fingerprint density at radius 2 is 2.08 bits per heavy atom. The number of furan rings is 1. The van der Waals surface area contributed by atoms with Crippen LogP contribution < -0.4 is 11.3 Å². The molecule has 0 unspecified atom stereocenters. The van der Waals surface area contributed by atoms with Crippen LogP contribution in [0, 0.1) is 6.92 Å². The molecule has 0 aliphatic heterocycles. The zero-order chi connectivity index (χ0) is 17.7. The van der Waals surface area contributed by atoms with Gasteiger partial charge in [-0.05, 0) is 61.1 Å². The maximum Gasteiger partial charge on any atom is 0.341 e. The summed E-state index contributed by atoms with van der Waals surface area (Å²) in [5.41, 5.74) is 8.39. The van der Waals surface area contributed by atoms with Gasteiger partial charge in [0.05, 0.1) is 12.1 Å². The number of hydrogen-bond acceptors (Lipinski definition) is 4. The van der Waals surface area contributed by atoms with Crippen molar-refractivity contribution in [2.24, 2.45) is 5.73 Å². The van der Waals surface area contributed by atoms with Gasteiger partial charge in [-0.15, -0.1) is 0 Å². The van der Waals surface area contributed by atoms with E-state index in [1.54, 1.807) is 18.3 Å². The summed E-state index contributed by atoms with van der Waals surface area (Å²) in [5.74, 6) is 0.493. The van der Waals surface area contributed by atoms with Crippen LogP contribution in [0.5, 0.6) is 0 Å². The third-order valence-electron chi connectivity index (χ3n) is 4.79. The summed E-state index contributed by atoms with van der Waals surface area (Å²) in [6, 6.07) is 7.02. The molecular formula is C19H18KN2O4. The first-order chi connectivity index (χ1) is 12.0. The number of nitrogens with zero attached hydrogens (tertiary/aromatic N) is 1. The summed E-state index contributed by atoms with van der Waals surface area (Å²) in [6.45, 7) is 2.25. The van der Waals surface area contributed by atoms with Crippen LogP contribution in [-0.4, -0.2) is 66.9 Å². The molecule has 0 saturated heterocycles. The number of carboxylic acid groups (broad SMARTS) is 1. The van der Waals surface area contributed by atoms with Crippen molar-refractivity contribution in [3.63, 3.8) is 0 Å². The van der Waals surface area contributed by atoms with E-state index in [2.05, 4.69) is 0 Å². The van der Waals surface area contributed by atoms with E-state index in [0.717, 1.165) is 35.0 Å². The molecule has 0 atom stereocenters. The van der Waals surface area contributed by atoms with Gasteiger partial charge in [0.25, 0.3) is 5.56 Å². The quantitative estimate of drug-likeness (QED) is 0.681. The van der Waals surface area contributed by atoms with Gasteiger partial charge in [-0.1, -0.05) is 0 Å². The SMILES string of the molecule is Cc1c(-c2ccc(CN)o2)ccn2c(=O)c(C(=O)O)cc(C3CC3)c12.[K]. The summed E-state index contributed by atoms with van der Waals surface area (Å²) in [4.78, 5) is 24.0. The van der Waals surface area contributed by atoms with Crippen LogP contribution in [0.4, 0.5) is 0 Å². The van der Waals surface area contributed by atoms with Crippen molar-refractivity contribution < 1.29 is 14.3 Å². The van der Waals surface area contributed by atoms with Crippen molar-refractivity contribution in [2.45, 2.75) is 32.2 Å². The predicted octanol–water partition coefficient (Wildman–Crippen LogP) is 2.52. The van der Waals surface area contributed by atoms with Crippen LogP contribution in [0.15, 0.2) is 39.7 Å². The van der Waals surface area contributed by atoms with Crippen LogP contribution in [0.3, 0.4) is 0 Å². The van der Waals surface area contributed by atoms with Gasteiger partial charge < -0.3 is 15.3 Å². The van der Waals surface area contributed by atoms with E-state index in [9.17, 15) is 14.7 Å². The minimum absolute atomic E-state index is 0. The van der Waals surface area contributed by atoms with Crippen molar-refractivity contribution in [3.8, 4) is 11.3 Å². The largest absolute Gasteiger partial charge is 0.477 e. The molecule has 7 heteroatoms. The molecule has 0 spiro atoms. The molecule has 3 heterocycles. The van der Waals surface area contributed by atoms with Gasteiger partial charge in [-0.2, -0.15) is 0 Å². The second-order valence-electron chi connectivity index (χ2n) is 6.44. The molecule has 1 aliphatic rings. The summed E-state index contributed by atoms with van der Waals surface area (Å²) in [7, 11) is 0. The summed E-state index contributed by atoms with van der Waals surface area (Å²) < 4.78 is 7.20. The predicted molar refractivity (Wildman–Crippen MR) is 98.7 cm³/mol. The van der Waals surface area contributed by atoms with E-state index < -0.39 is 11.5 Å². The maximum atomic E-state index is 12.6. The third-order valence-corrected chi connectivity index (χ3v) is 4.79. The zero-order valence-electron chi connectivity index (χ0n) is 14.8. The Balaban J connectivity index is 0.00000196. The average molecular weight is 377 g/mol. The molecule has 6 nitrogen and oxygen atoms in total. The number of aryl methyl sites for hydroxylation is 1. The number of hydrogen-bond donors (Lipinski definition) is 2. The molecule has 1 saturated carbocycles. The van der Waals surface area contributed by atoms with E-state index in [4.69, 9.17) is 10.2 Å². The molecule has 3 aromatic rings. The second-order valence-corrected chi connectivity index (χ2v) is 6.44. The number of aromatic carboxylic acids is 1. The fourth-order valence-electron chi connectivity index (χ4n) is 3.36. The molecule has 1 fully saturated rings. The van der Waals surface area contributed by atoms with Crippen LogP contribution in [0.1, 0.15) is 46.0 Å². The zero-order valence-corrected chi connectivity index (χ0v) is 17.9. The fourth-order valence-corrected chi connectivity index (χ4v) is 3.36. The standard InChI is InChI=1S/C19H18N2O4.K/c1-10-13(16-5-4-12(9-20)25-16)6-7-21-17(10)14(11-2-3-11)8-15(18(21)22)19(23)24;/h4-8,11H,2-3,9,20H2,1H3,(H,23,24);. The minimum Gasteiger partial charge on any atom is -0.477 e. The van der Waals surface area contributed by atoms with Crippen molar-refractivity contribution >= 4 is 62.9 Å². The van der Waals surface area contributed by atoms with E-state index in [0.29, 0.717) is 24.0 Å². The number of carboxylic acids is 1. The molecule has 4 rings (SSSR count). The van der Waals surface area contributed by atoms with E-state index in [-0.39, 0.29) is 56.9 Å². The molecule has 0 bridgehead atoms. The Bertz CT molecular complexity index is 1060. The Labute approximate surface area is 192 Å². The Kier molecular flexibility index (Phi) is 5.57. The first-order valence-corrected chi connectivity index (χ1v) is 8.22. The number of aromatic nitrogens is 1. The van der Waals surface area contributed by atoms with Crippen molar-refractivity contribution in [1.82, 2.24) is 4.40 Å². The molecular weight excluding hydrogens is 359 g/mol. The van der Waals surface area contributed by atoms with E-state index in [1.165, 1.54) is 4.40 Å². The van der Waals surface area contributed by atoms with Gasteiger partial charge in [-0.25, -0.2) is 4.79 Å². The smallest absolute Gasteiger partial charge is 0.341 e. The third kappa shape index (κ3) is 3.24. The number of fused-ring (bicyclic) bond motifs is 1. The van der Waals surface area contributed by atoms with E-state index >= 15 is 0 Å². The molecule has 129 valence electrons. The van der Waals surface area contributed by atoms with Gasteiger partial charge in [0.15, 0.2) is 0 Å². The van der Waals surface area contributed by atoms with Crippen LogP contribution in [-0.2, 0) is 6.54 Å². The van der Waals surface area contributed by atoms with E-state index in [1.807, 2.05) is 19.1 Å². The van der Waals surface area contributed by atoms with Gasteiger partial charge >= 0.3 is 5.97 Å². The molecule has 26 heavy (non-hydrogen) atoms. The molecule has 0 amide bonds. The molecule has 0 aromatic carbocycles. The average Bonchev–Trinajstić information content (AvgIpc) is 3.32. The molecule has 1 radical (unpaired) electrons. The van der Waals surface area contributed by atoms with Crippen LogP contribution >= 0.6 is 0 Å². The Morgan fingerprint density at radius 3 is 2.65 bits per heavy atom. The van der Waals surface area contributed by atoms with Crippen LogP contribution in [0.25, 0.3) is 16.8 Å². The minimum atomic E-state index is -1.19. The first-order valence-electron chi connectivity index (χ1n) is 8.22. The number of rotatable bonds is 4. The first kappa shape index (κ1) is 19.5. The van der Waals surface area contributed by atoms with Crippen LogP contribution in [0.2, 0.25) is 0 Å². The monoisotopic (exact) mass is 377 g/mol. The van der Waals surface area contributed by atoms with Gasteiger partial charge in [-0.3, -0.25) is 9.20 Å². The molecule has 1 aliphatic carbocycles. The normalized spacial score (nSPS) is 13.6. The van der Waals surface area contributed by atoms with Gasteiger partial charge in [0.2, 0.25) is 0 Å². The number of pyridine rings is 2. The second kappa shape index (κ2) is 7.42. The summed E-state index contributed by atoms with van der Waals surface area (Å²) in [6.07, 6.45) is 3.65. The molecule has 3 N–H and O–H groups in total. The summed E-state index contributed by atoms with van der Waals surface area (Å²) in [5, 5.41) is 9.34. The Hall–Kier alpha value is -1.22. The topological polar surface area (TPSA) is 97.9 Å². The fraction of sp³-hybridized carbons (Fsp3) is 0.263. The van der Waals surface area contributed by atoms with Gasteiger partial charge in [0, 0.05) is 63.1 Å².